The van der Waals surface area contributed by atoms with Gasteiger partial charge in [0.15, 0.2) is 16.1 Å². The van der Waals surface area contributed by atoms with Crippen molar-refractivity contribution < 1.29 is 0 Å². The van der Waals surface area contributed by atoms with Gasteiger partial charge in [0, 0.05) is 33.5 Å². The summed E-state index contributed by atoms with van der Waals surface area (Å²) in [6, 6.07) is 97.5. The van der Waals surface area contributed by atoms with Crippen molar-refractivity contribution in [3.63, 3.8) is 0 Å². The van der Waals surface area contributed by atoms with Gasteiger partial charge >= 0.3 is 0 Å². The molecule has 4 heteroatoms. The van der Waals surface area contributed by atoms with E-state index in [0.717, 1.165) is 22.7 Å². The van der Waals surface area contributed by atoms with Crippen molar-refractivity contribution in [1.82, 2.24) is 4.57 Å². The largest absolute Gasteiger partial charge is 0.310 e. The number of aromatic nitrogens is 1. The number of anilines is 3. The monoisotopic (exact) mass is 960 g/mol. The van der Waals surface area contributed by atoms with Crippen molar-refractivity contribution in [3.8, 4) is 5.69 Å². The van der Waals surface area contributed by atoms with Crippen LogP contribution < -0.4 is 46.4 Å². The first-order valence-electron chi connectivity index (χ1n) is 25.5. The maximum atomic E-state index is 2.55. The Morgan fingerprint density at radius 1 is 0.306 bits per heavy atom. The Balaban J connectivity index is 1.09. The lowest BCUT2D eigenvalue weighted by atomic mass is 9.86. The van der Waals surface area contributed by atoms with Crippen molar-refractivity contribution in [2.24, 2.45) is 0 Å². The number of rotatable bonds is 8. The summed E-state index contributed by atoms with van der Waals surface area (Å²) in [5.74, 6) is 0. The van der Waals surface area contributed by atoms with Gasteiger partial charge in [0.25, 0.3) is 0 Å². The number of benzene rings is 10. The Labute approximate surface area is 427 Å². The summed E-state index contributed by atoms with van der Waals surface area (Å²) in [7, 11) is -5.86. The first kappa shape index (κ1) is 45.4. The van der Waals surface area contributed by atoms with E-state index < -0.39 is 16.1 Å². The summed E-state index contributed by atoms with van der Waals surface area (Å²) in [4.78, 5) is 2.42. The van der Waals surface area contributed by atoms with Gasteiger partial charge in [0.1, 0.15) is 0 Å². The minimum Gasteiger partial charge on any atom is -0.310 e. The lowest BCUT2D eigenvalue weighted by molar-refractivity contribution is 0.590. The van der Waals surface area contributed by atoms with E-state index in [4.69, 9.17) is 0 Å². The molecule has 10 aromatic carbocycles. The zero-order valence-corrected chi connectivity index (χ0v) is 44.1. The van der Waals surface area contributed by atoms with Gasteiger partial charge < -0.3 is 9.47 Å². The van der Waals surface area contributed by atoms with Gasteiger partial charge in [-0.25, -0.2) is 0 Å². The molecule has 0 radical (unpaired) electrons. The lowest BCUT2D eigenvalue weighted by Gasteiger charge is -2.48. The topological polar surface area (TPSA) is 8.17 Å². The summed E-state index contributed by atoms with van der Waals surface area (Å²) in [6.07, 6.45) is 0. The molecule has 0 unspecified atom stereocenters. The minimum absolute atomic E-state index is 0.0549. The molecule has 0 atom stereocenters. The fourth-order valence-electron chi connectivity index (χ4n) is 12.1. The van der Waals surface area contributed by atoms with Crippen molar-refractivity contribution in [2.45, 2.75) is 52.4 Å². The molecule has 2 nitrogen and oxygen atoms in total. The summed E-state index contributed by atoms with van der Waals surface area (Å²) in [5.41, 5.74) is 9.69. The van der Waals surface area contributed by atoms with Crippen LogP contribution in [-0.4, -0.2) is 20.7 Å². The van der Waals surface area contributed by atoms with E-state index in [2.05, 4.69) is 306 Å². The summed E-state index contributed by atoms with van der Waals surface area (Å²) in [6.45, 7) is 13.7. The number of nitrogens with zero attached hydrogens (tertiary/aromatic N) is 2. The lowest BCUT2D eigenvalue weighted by Crippen LogP contribution is -2.93. The van der Waals surface area contributed by atoms with Crippen molar-refractivity contribution in [2.75, 3.05) is 4.90 Å². The van der Waals surface area contributed by atoms with Crippen LogP contribution in [0.2, 0.25) is 0 Å². The van der Waals surface area contributed by atoms with E-state index in [1.165, 1.54) is 74.4 Å². The van der Waals surface area contributed by atoms with Crippen molar-refractivity contribution >= 4 is 96.5 Å². The SMILES string of the molecule is CC(C)(C)c1ccc(N(c2ccc(C(C)(C)C)cc2)c2ccc3c(c2)c2ccccc2n3-c2cccc([Si]3(c4ccccc4)c4ccccc4[Si](c4ccccc4)(c4ccccc4)c4ccccc43)c2)cc1. The first-order chi connectivity index (χ1) is 35.0. The highest BCUT2D eigenvalue weighted by Crippen LogP contribution is 2.41. The van der Waals surface area contributed by atoms with E-state index >= 15 is 0 Å². The molecule has 12 rings (SSSR count). The van der Waals surface area contributed by atoms with E-state index in [9.17, 15) is 0 Å². The van der Waals surface area contributed by atoms with Crippen LogP contribution in [0.5, 0.6) is 0 Å². The third-order valence-corrected chi connectivity index (χ3v) is 25.8. The molecule has 0 aliphatic carbocycles. The molecule has 0 N–H and O–H groups in total. The second kappa shape index (κ2) is 17.5. The van der Waals surface area contributed by atoms with E-state index in [-0.39, 0.29) is 10.8 Å². The van der Waals surface area contributed by atoms with E-state index in [0.29, 0.717) is 0 Å². The maximum Gasteiger partial charge on any atom is 0.179 e. The first-order valence-corrected chi connectivity index (χ1v) is 29.5. The average molecular weight is 961 g/mol. The Hall–Kier alpha value is -7.77. The molecule has 0 bridgehead atoms. The van der Waals surface area contributed by atoms with Crippen LogP contribution in [0.15, 0.2) is 255 Å². The van der Waals surface area contributed by atoms with Gasteiger partial charge in [-0.2, -0.15) is 0 Å². The molecule has 2 heterocycles. The second-order valence-electron chi connectivity index (χ2n) is 21.7. The van der Waals surface area contributed by atoms with Gasteiger partial charge in [-0.1, -0.05) is 236 Å². The highest BCUT2D eigenvalue weighted by atomic mass is 28.3. The Morgan fingerprint density at radius 2 is 0.681 bits per heavy atom. The molecule has 0 amide bonds. The van der Waals surface area contributed by atoms with Gasteiger partial charge in [0.05, 0.1) is 11.0 Å². The van der Waals surface area contributed by atoms with Crippen molar-refractivity contribution in [1.29, 1.82) is 0 Å². The molecule has 1 aromatic heterocycles. The highest BCUT2D eigenvalue weighted by molar-refractivity contribution is 7.32. The van der Waals surface area contributed by atoms with Crippen LogP contribution in [0, 0.1) is 0 Å². The normalized spacial score (nSPS) is 13.9. The Bertz CT molecular complexity index is 3600. The van der Waals surface area contributed by atoms with Gasteiger partial charge in [-0.05, 0) is 124 Å². The summed E-state index contributed by atoms with van der Waals surface area (Å²) >= 11 is 0. The number of hydrogen-bond acceptors (Lipinski definition) is 1. The van der Waals surface area contributed by atoms with Gasteiger partial charge in [0.2, 0.25) is 0 Å². The second-order valence-corrected chi connectivity index (χ2v) is 29.2. The zero-order chi connectivity index (χ0) is 49.2. The molecule has 0 saturated carbocycles. The van der Waals surface area contributed by atoms with Crippen LogP contribution in [0.4, 0.5) is 17.1 Å². The molecule has 0 spiro atoms. The van der Waals surface area contributed by atoms with Crippen LogP contribution in [0.25, 0.3) is 27.5 Å². The third kappa shape index (κ3) is 7.18. The van der Waals surface area contributed by atoms with Crippen LogP contribution in [-0.2, 0) is 10.8 Å². The Morgan fingerprint density at radius 3 is 1.14 bits per heavy atom. The summed E-state index contributed by atoms with van der Waals surface area (Å²) in [5, 5.41) is 14.0. The molecule has 1 aliphatic heterocycles. The molecular weight excluding hydrogens is 901 g/mol. The van der Waals surface area contributed by atoms with E-state index in [1.54, 1.807) is 0 Å². The molecular formula is C68H60N2Si2. The highest BCUT2D eigenvalue weighted by Gasteiger charge is 2.56. The van der Waals surface area contributed by atoms with Crippen LogP contribution in [0.1, 0.15) is 52.7 Å². The fourth-order valence-corrected chi connectivity index (χ4v) is 24.2. The molecule has 11 aromatic rings. The molecule has 72 heavy (non-hydrogen) atoms. The Kier molecular flexibility index (Phi) is 11.0. The number of fused-ring (bicyclic) bond motifs is 5. The zero-order valence-electron chi connectivity index (χ0n) is 42.1. The number of hydrogen-bond donors (Lipinski definition) is 0. The molecule has 1 aliphatic rings. The van der Waals surface area contributed by atoms with Crippen molar-refractivity contribution in [3.05, 3.63) is 266 Å². The fraction of sp³-hybridized carbons (Fsp3) is 0.118. The smallest absolute Gasteiger partial charge is 0.179 e. The van der Waals surface area contributed by atoms with Gasteiger partial charge in [-0.15, -0.1) is 0 Å². The average Bonchev–Trinajstić information content (AvgIpc) is 3.75. The predicted octanol–water partition coefficient (Wildman–Crippen LogP) is 11.9. The molecule has 0 fully saturated rings. The number of para-hydroxylation sites is 1. The standard InChI is InChI=1S/C68H60N2Si2/c1-67(2,3)49-37-41-51(42-38-49)69(52-43-39-50(40-44-52)68(4,5)6)54-45-46-62-60(48-54)59-31-16-17-32-61(59)70(62)53-23-22-30-58(47-53)72(57-28-14-9-15-29-57)65-35-20-18-33-63(65)71(55-24-10-7-11-25-55,56-26-12-8-13-27-56)64-34-19-21-36-66(64)72/h7-48H,1-6H3. The third-order valence-electron chi connectivity index (χ3n) is 15.5. The molecule has 0 saturated heterocycles. The van der Waals surface area contributed by atoms with Crippen LogP contribution in [0.3, 0.4) is 0 Å². The predicted molar refractivity (Wildman–Crippen MR) is 314 cm³/mol. The maximum absolute atomic E-state index is 3.03. The van der Waals surface area contributed by atoms with Crippen LogP contribution >= 0.6 is 0 Å². The molecule has 350 valence electrons. The minimum atomic E-state index is -3.03. The quantitative estimate of drug-likeness (QED) is 0.138. The summed E-state index contributed by atoms with van der Waals surface area (Å²) < 4.78 is 2.51. The van der Waals surface area contributed by atoms with Gasteiger partial charge in [-0.3, -0.25) is 0 Å². The van der Waals surface area contributed by atoms with E-state index in [1.807, 2.05) is 0 Å².